The quantitative estimate of drug-likeness (QED) is 0.747. The van der Waals surface area contributed by atoms with Gasteiger partial charge in [-0.3, -0.25) is 0 Å². The molecule has 0 bridgehead atoms. The lowest BCUT2D eigenvalue weighted by Crippen LogP contribution is -2.00. The van der Waals surface area contributed by atoms with Gasteiger partial charge in [-0.2, -0.15) is 0 Å². The molecule has 0 aliphatic rings. The number of hydrogen-bond acceptors (Lipinski definition) is 2. The first kappa shape index (κ1) is 10.6. The van der Waals surface area contributed by atoms with Crippen LogP contribution >= 0.6 is 11.8 Å². The Hall–Kier alpha value is -0.470. The van der Waals surface area contributed by atoms with Gasteiger partial charge in [-0.1, -0.05) is 12.1 Å². The summed E-state index contributed by atoms with van der Waals surface area (Å²) in [6.45, 7) is 2.95. The Kier molecular flexibility index (Phi) is 4.33. The minimum atomic E-state index is 0.781. The summed E-state index contributed by atoms with van der Waals surface area (Å²) in [5, 5.41) is 0. The molecule has 0 amide bonds. The van der Waals surface area contributed by atoms with Crippen LogP contribution in [0.1, 0.15) is 17.5 Å². The zero-order valence-corrected chi connectivity index (χ0v) is 9.16. The Bertz CT molecular complexity index is 271. The minimum Gasteiger partial charge on any atom is -0.330 e. The molecule has 0 saturated carbocycles. The third kappa shape index (κ3) is 3.05. The second kappa shape index (κ2) is 5.30. The zero-order valence-electron chi connectivity index (χ0n) is 8.34. The molecule has 1 aromatic rings. The molecule has 0 aliphatic carbocycles. The lowest BCUT2D eigenvalue weighted by Gasteiger charge is -2.05. The molecule has 13 heavy (non-hydrogen) atoms. The van der Waals surface area contributed by atoms with E-state index >= 15 is 0 Å². The highest BCUT2D eigenvalue weighted by molar-refractivity contribution is 7.98. The molecule has 2 heteroatoms. The SMILES string of the molecule is CSc1ccc(CCCN)cc1C. The molecular formula is C11H17NS. The molecule has 0 aliphatic heterocycles. The van der Waals surface area contributed by atoms with Crippen LogP contribution in [0.15, 0.2) is 23.1 Å². The second-order valence-corrected chi connectivity index (χ2v) is 4.04. The Balaban J connectivity index is 2.71. The summed E-state index contributed by atoms with van der Waals surface area (Å²) in [6, 6.07) is 6.67. The molecule has 0 spiro atoms. The van der Waals surface area contributed by atoms with Crippen LogP contribution in [-0.2, 0) is 6.42 Å². The molecule has 0 aromatic heterocycles. The van der Waals surface area contributed by atoms with Crippen molar-refractivity contribution in [1.29, 1.82) is 0 Å². The van der Waals surface area contributed by atoms with Crippen LogP contribution in [0, 0.1) is 6.92 Å². The summed E-state index contributed by atoms with van der Waals surface area (Å²) >= 11 is 1.80. The predicted octanol–water partition coefficient (Wildman–Crippen LogP) is 2.61. The lowest BCUT2D eigenvalue weighted by atomic mass is 10.1. The first-order chi connectivity index (χ1) is 6.27. The Morgan fingerprint density at radius 1 is 1.38 bits per heavy atom. The third-order valence-corrected chi connectivity index (χ3v) is 3.03. The smallest absolute Gasteiger partial charge is 0.00985 e. The van der Waals surface area contributed by atoms with Gasteiger partial charge < -0.3 is 5.73 Å². The van der Waals surface area contributed by atoms with E-state index in [2.05, 4.69) is 31.4 Å². The summed E-state index contributed by atoms with van der Waals surface area (Å²) < 4.78 is 0. The van der Waals surface area contributed by atoms with Crippen LogP contribution in [0.25, 0.3) is 0 Å². The largest absolute Gasteiger partial charge is 0.330 e. The van der Waals surface area contributed by atoms with E-state index in [4.69, 9.17) is 5.73 Å². The number of hydrogen-bond donors (Lipinski definition) is 1. The van der Waals surface area contributed by atoms with Crippen molar-refractivity contribution in [3.63, 3.8) is 0 Å². The topological polar surface area (TPSA) is 26.0 Å². The lowest BCUT2D eigenvalue weighted by molar-refractivity contribution is 0.831. The van der Waals surface area contributed by atoms with Gasteiger partial charge in [-0.05, 0) is 49.8 Å². The first-order valence-electron chi connectivity index (χ1n) is 4.61. The van der Waals surface area contributed by atoms with Crippen molar-refractivity contribution in [2.45, 2.75) is 24.7 Å². The van der Waals surface area contributed by atoms with E-state index in [9.17, 15) is 0 Å². The van der Waals surface area contributed by atoms with E-state index in [-0.39, 0.29) is 0 Å². The molecule has 1 aromatic carbocycles. The van der Waals surface area contributed by atoms with Crippen LogP contribution in [0.4, 0.5) is 0 Å². The fraction of sp³-hybridized carbons (Fsp3) is 0.455. The number of aryl methyl sites for hydroxylation is 2. The molecule has 72 valence electrons. The fourth-order valence-corrected chi connectivity index (χ4v) is 1.99. The van der Waals surface area contributed by atoms with E-state index in [0.717, 1.165) is 19.4 Å². The number of rotatable bonds is 4. The summed E-state index contributed by atoms with van der Waals surface area (Å²) in [5.74, 6) is 0. The van der Waals surface area contributed by atoms with Gasteiger partial charge in [0.15, 0.2) is 0 Å². The van der Waals surface area contributed by atoms with Crippen molar-refractivity contribution < 1.29 is 0 Å². The van der Waals surface area contributed by atoms with Gasteiger partial charge in [-0.25, -0.2) is 0 Å². The van der Waals surface area contributed by atoms with Gasteiger partial charge in [0.05, 0.1) is 0 Å². The maximum atomic E-state index is 5.47. The van der Waals surface area contributed by atoms with Crippen molar-refractivity contribution in [2.75, 3.05) is 12.8 Å². The van der Waals surface area contributed by atoms with Crippen molar-refractivity contribution in [2.24, 2.45) is 5.73 Å². The van der Waals surface area contributed by atoms with Crippen molar-refractivity contribution in [1.82, 2.24) is 0 Å². The summed E-state index contributed by atoms with van der Waals surface area (Å²) in [5.41, 5.74) is 8.25. The molecule has 0 saturated heterocycles. The third-order valence-electron chi connectivity index (χ3n) is 2.13. The monoisotopic (exact) mass is 195 g/mol. The highest BCUT2D eigenvalue weighted by Gasteiger charge is 1.98. The Morgan fingerprint density at radius 3 is 2.69 bits per heavy atom. The molecule has 0 radical (unpaired) electrons. The Morgan fingerprint density at radius 2 is 2.15 bits per heavy atom. The Labute approximate surface area is 84.7 Å². The van der Waals surface area contributed by atoms with Crippen LogP contribution in [0.2, 0.25) is 0 Å². The van der Waals surface area contributed by atoms with Crippen LogP contribution in [0.3, 0.4) is 0 Å². The summed E-state index contributed by atoms with van der Waals surface area (Å²) in [4.78, 5) is 1.37. The van der Waals surface area contributed by atoms with Crippen molar-refractivity contribution >= 4 is 11.8 Å². The van der Waals surface area contributed by atoms with Gasteiger partial charge in [0.1, 0.15) is 0 Å². The van der Waals surface area contributed by atoms with E-state index in [1.165, 1.54) is 16.0 Å². The molecule has 2 N–H and O–H groups in total. The first-order valence-corrected chi connectivity index (χ1v) is 5.84. The maximum Gasteiger partial charge on any atom is 0.00985 e. The van der Waals surface area contributed by atoms with Crippen LogP contribution in [-0.4, -0.2) is 12.8 Å². The highest BCUT2D eigenvalue weighted by Crippen LogP contribution is 2.20. The van der Waals surface area contributed by atoms with Gasteiger partial charge in [0.25, 0.3) is 0 Å². The minimum absolute atomic E-state index is 0.781. The van der Waals surface area contributed by atoms with E-state index in [1.54, 1.807) is 11.8 Å². The average Bonchev–Trinajstić information content (AvgIpc) is 2.15. The van der Waals surface area contributed by atoms with Gasteiger partial charge in [0, 0.05) is 4.90 Å². The molecular weight excluding hydrogens is 178 g/mol. The standard InChI is InChI=1S/C11H17NS/c1-9-8-10(4-3-7-12)5-6-11(9)13-2/h5-6,8H,3-4,7,12H2,1-2H3. The molecule has 0 heterocycles. The molecule has 0 unspecified atom stereocenters. The highest BCUT2D eigenvalue weighted by atomic mass is 32.2. The maximum absolute atomic E-state index is 5.47. The van der Waals surface area contributed by atoms with Gasteiger partial charge in [0.2, 0.25) is 0 Å². The molecule has 0 atom stereocenters. The molecule has 0 fully saturated rings. The fourth-order valence-electron chi connectivity index (χ4n) is 1.40. The van der Waals surface area contributed by atoms with Crippen LogP contribution < -0.4 is 5.73 Å². The van der Waals surface area contributed by atoms with Gasteiger partial charge in [-0.15, -0.1) is 11.8 Å². The van der Waals surface area contributed by atoms with E-state index in [1.807, 2.05) is 0 Å². The van der Waals surface area contributed by atoms with Crippen molar-refractivity contribution in [3.8, 4) is 0 Å². The number of nitrogens with two attached hydrogens (primary N) is 1. The average molecular weight is 195 g/mol. The van der Waals surface area contributed by atoms with Crippen LogP contribution in [0.5, 0.6) is 0 Å². The second-order valence-electron chi connectivity index (χ2n) is 3.20. The molecule has 1 nitrogen and oxygen atoms in total. The van der Waals surface area contributed by atoms with Gasteiger partial charge >= 0.3 is 0 Å². The predicted molar refractivity (Wildman–Crippen MR) is 60.3 cm³/mol. The van der Waals surface area contributed by atoms with E-state index < -0.39 is 0 Å². The van der Waals surface area contributed by atoms with E-state index in [0.29, 0.717) is 0 Å². The number of benzene rings is 1. The van der Waals surface area contributed by atoms with Crippen molar-refractivity contribution in [3.05, 3.63) is 29.3 Å². The normalized spacial score (nSPS) is 10.4. The zero-order chi connectivity index (χ0) is 9.68. The number of thioether (sulfide) groups is 1. The summed E-state index contributed by atoms with van der Waals surface area (Å²) in [7, 11) is 0. The summed E-state index contributed by atoms with van der Waals surface area (Å²) in [6.07, 6.45) is 4.30. The molecule has 1 rings (SSSR count).